The van der Waals surface area contributed by atoms with E-state index in [1.807, 2.05) is 6.07 Å². The van der Waals surface area contributed by atoms with Gasteiger partial charge < -0.3 is 9.64 Å². The fourth-order valence-electron chi connectivity index (χ4n) is 4.03. The summed E-state index contributed by atoms with van der Waals surface area (Å²) >= 11 is 0. The summed E-state index contributed by atoms with van der Waals surface area (Å²) in [6, 6.07) is 4.49. The molecule has 0 N–H and O–H groups in total. The molecular formula is C20H20F3N5O. The molecular weight excluding hydrogens is 383 g/mol. The number of pyridine rings is 1. The number of hydrogen-bond acceptors (Lipinski definition) is 5. The zero-order valence-electron chi connectivity index (χ0n) is 15.7. The molecule has 0 unspecified atom stereocenters. The topological polar surface area (TPSA) is 55.5 Å². The van der Waals surface area contributed by atoms with E-state index >= 15 is 0 Å². The zero-order valence-corrected chi connectivity index (χ0v) is 15.7. The van der Waals surface area contributed by atoms with E-state index in [9.17, 15) is 13.2 Å². The molecule has 5 rings (SSSR count). The number of fused-ring (bicyclic) bond motifs is 1. The Morgan fingerprint density at radius 1 is 1.03 bits per heavy atom. The lowest BCUT2D eigenvalue weighted by Crippen LogP contribution is -2.30. The number of rotatable bonds is 4. The normalized spacial score (nSPS) is 17.7. The zero-order chi connectivity index (χ0) is 20.0. The molecule has 1 saturated heterocycles. The first-order valence-corrected chi connectivity index (χ1v) is 9.83. The van der Waals surface area contributed by atoms with Gasteiger partial charge in [-0.15, -0.1) is 13.2 Å². The van der Waals surface area contributed by atoms with Crippen molar-refractivity contribution in [2.24, 2.45) is 0 Å². The highest BCUT2D eigenvalue weighted by Crippen LogP contribution is 2.46. The number of halogens is 3. The molecule has 0 atom stereocenters. The van der Waals surface area contributed by atoms with Gasteiger partial charge in [-0.3, -0.25) is 4.98 Å². The molecule has 0 radical (unpaired) electrons. The van der Waals surface area contributed by atoms with Crippen LogP contribution in [0.25, 0.3) is 16.9 Å². The van der Waals surface area contributed by atoms with Crippen LogP contribution < -0.4 is 9.64 Å². The van der Waals surface area contributed by atoms with E-state index in [1.54, 1.807) is 4.52 Å². The Morgan fingerprint density at radius 2 is 1.83 bits per heavy atom. The summed E-state index contributed by atoms with van der Waals surface area (Å²) < 4.78 is 43.7. The van der Waals surface area contributed by atoms with Crippen LogP contribution in [0.1, 0.15) is 43.6 Å². The van der Waals surface area contributed by atoms with Gasteiger partial charge in [0.15, 0.2) is 5.82 Å². The first kappa shape index (κ1) is 18.2. The predicted molar refractivity (Wildman–Crippen MR) is 101 cm³/mol. The van der Waals surface area contributed by atoms with Gasteiger partial charge in [-0.25, -0.2) is 9.50 Å². The number of alkyl halides is 3. The number of aromatic nitrogens is 4. The van der Waals surface area contributed by atoms with Gasteiger partial charge in [-0.1, -0.05) is 0 Å². The lowest BCUT2D eigenvalue weighted by molar-refractivity contribution is -0.274. The Balaban J connectivity index is 1.63. The van der Waals surface area contributed by atoms with Gasteiger partial charge >= 0.3 is 6.36 Å². The van der Waals surface area contributed by atoms with Crippen LogP contribution in [0.5, 0.6) is 5.75 Å². The highest BCUT2D eigenvalue weighted by atomic mass is 19.4. The molecule has 1 aliphatic carbocycles. The molecule has 0 aromatic carbocycles. The Morgan fingerprint density at radius 3 is 2.55 bits per heavy atom. The van der Waals surface area contributed by atoms with E-state index in [4.69, 9.17) is 0 Å². The highest BCUT2D eigenvalue weighted by molar-refractivity contribution is 5.80. The first-order valence-electron chi connectivity index (χ1n) is 9.83. The monoisotopic (exact) mass is 403 g/mol. The fraction of sp³-hybridized carbons (Fsp3) is 0.450. The molecule has 2 aliphatic rings. The number of piperidine rings is 1. The number of nitrogens with zero attached hydrogens (tertiary/aromatic N) is 5. The molecule has 1 aliphatic heterocycles. The molecule has 0 bridgehead atoms. The van der Waals surface area contributed by atoms with Crippen molar-refractivity contribution >= 4 is 11.3 Å². The number of hydrogen-bond donors (Lipinski definition) is 0. The van der Waals surface area contributed by atoms with Crippen LogP contribution in [0, 0.1) is 0 Å². The lowest BCUT2D eigenvalue weighted by atomic mass is 10.1. The maximum atomic E-state index is 12.6. The Labute approximate surface area is 165 Å². The van der Waals surface area contributed by atoms with Crippen LogP contribution in [-0.4, -0.2) is 39.0 Å². The Kier molecular flexibility index (Phi) is 4.33. The molecule has 3 aromatic heterocycles. The van der Waals surface area contributed by atoms with Crippen molar-refractivity contribution < 1.29 is 17.9 Å². The molecule has 2 fully saturated rings. The average Bonchev–Trinajstić information content (AvgIpc) is 3.47. The minimum absolute atomic E-state index is 0.296. The van der Waals surface area contributed by atoms with Gasteiger partial charge in [-0.05, 0) is 55.7 Å². The molecule has 0 spiro atoms. The van der Waals surface area contributed by atoms with Crippen LogP contribution in [0.15, 0.2) is 30.7 Å². The molecule has 29 heavy (non-hydrogen) atoms. The third-order valence-corrected chi connectivity index (χ3v) is 5.46. The maximum Gasteiger partial charge on any atom is 0.573 e. The molecule has 3 aromatic rings. The largest absolute Gasteiger partial charge is 0.573 e. The van der Waals surface area contributed by atoms with Crippen molar-refractivity contribution in [3.63, 3.8) is 0 Å². The second kappa shape index (κ2) is 6.89. The summed E-state index contributed by atoms with van der Waals surface area (Å²) in [6.45, 7) is 1.90. The van der Waals surface area contributed by atoms with Gasteiger partial charge in [0, 0.05) is 25.4 Å². The summed E-state index contributed by atoms with van der Waals surface area (Å²) in [6.07, 6.45) is 3.74. The van der Waals surface area contributed by atoms with E-state index in [0.717, 1.165) is 55.7 Å². The summed E-state index contributed by atoms with van der Waals surface area (Å²) in [5, 5.41) is 4.42. The van der Waals surface area contributed by atoms with Crippen molar-refractivity contribution in [2.75, 3.05) is 18.0 Å². The van der Waals surface area contributed by atoms with Crippen molar-refractivity contribution in [3.05, 3.63) is 36.3 Å². The van der Waals surface area contributed by atoms with Gasteiger partial charge in [0.25, 0.3) is 0 Å². The minimum Gasteiger partial charge on any atom is -0.406 e. The number of anilines is 1. The molecule has 152 valence electrons. The Bertz CT molecular complexity index is 1040. The summed E-state index contributed by atoms with van der Waals surface area (Å²) in [7, 11) is 0. The first-order chi connectivity index (χ1) is 14.0. The van der Waals surface area contributed by atoms with Gasteiger partial charge in [-0.2, -0.15) is 5.10 Å². The second-order valence-electron chi connectivity index (χ2n) is 7.58. The summed E-state index contributed by atoms with van der Waals surface area (Å²) in [5.74, 6) is 1.04. The van der Waals surface area contributed by atoms with Gasteiger partial charge in [0.05, 0.1) is 11.4 Å². The summed E-state index contributed by atoms with van der Waals surface area (Å²) in [5.41, 5.74) is 3.12. The van der Waals surface area contributed by atoms with Crippen molar-refractivity contribution in [1.82, 2.24) is 19.6 Å². The standard InChI is InChI=1S/C20H20F3N5O/c21-20(22,23)29-14-6-7-24-16(10-14)17-11-15(13-4-5-13)18-19(25-12-26-28(17)18)27-8-2-1-3-9-27/h6-7,10-13H,1-5,8-9H2. The molecule has 6 nitrogen and oxygen atoms in total. The smallest absolute Gasteiger partial charge is 0.406 e. The second-order valence-corrected chi connectivity index (χ2v) is 7.58. The SMILES string of the molecule is FC(F)(F)Oc1ccnc(-c2cc(C3CC3)c3c(N4CCCCC4)ncnn23)c1. The third kappa shape index (κ3) is 3.61. The lowest BCUT2D eigenvalue weighted by Gasteiger charge is -2.28. The third-order valence-electron chi connectivity index (χ3n) is 5.46. The molecule has 9 heteroatoms. The van der Waals surface area contributed by atoms with E-state index < -0.39 is 6.36 Å². The molecule has 0 amide bonds. The quantitative estimate of drug-likeness (QED) is 0.639. The predicted octanol–water partition coefficient (Wildman–Crippen LogP) is 4.56. The van der Waals surface area contributed by atoms with Crippen molar-refractivity contribution in [2.45, 2.75) is 44.4 Å². The van der Waals surface area contributed by atoms with E-state index in [-0.39, 0.29) is 5.75 Å². The van der Waals surface area contributed by atoms with Gasteiger partial charge in [0.2, 0.25) is 0 Å². The Hall–Kier alpha value is -2.84. The number of ether oxygens (including phenoxy) is 1. The van der Waals surface area contributed by atoms with Crippen LogP contribution in [0.4, 0.5) is 19.0 Å². The van der Waals surface area contributed by atoms with Crippen LogP contribution >= 0.6 is 0 Å². The van der Waals surface area contributed by atoms with E-state index in [0.29, 0.717) is 17.3 Å². The van der Waals surface area contributed by atoms with Crippen molar-refractivity contribution in [3.8, 4) is 17.1 Å². The molecule has 4 heterocycles. The average molecular weight is 403 g/mol. The highest BCUT2D eigenvalue weighted by Gasteiger charge is 2.33. The maximum absolute atomic E-state index is 12.6. The van der Waals surface area contributed by atoms with Crippen LogP contribution in [0.3, 0.4) is 0 Å². The van der Waals surface area contributed by atoms with Crippen LogP contribution in [0.2, 0.25) is 0 Å². The van der Waals surface area contributed by atoms with E-state index in [1.165, 1.54) is 31.1 Å². The fourth-order valence-corrected chi connectivity index (χ4v) is 4.03. The minimum atomic E-state index is -4.75. The van der Waals surface area contributed by atoms with Gasteiger partial charge in [0.1, 0.15) is 17.6 Å². The van der Waals surface area contributed by atoms with Crippen LogP contribution in [-0.2, 0) is 0 Å². The van der Waals surface area contributed by atoms with E-state index in [2.05, 4.69) is 24.7 Å². The summed E-state index contributed by atoms with van der Waals surface area (Å²) in [4.78, 5) is 11.1. The van der Waals surface area contributed by atoms with Crippen molar-refractivity contribution in [1.29, 1.82) is 0 Å². The molecule has 1 saturated carbocycles.